The first-order valence-electron chi connectivity index (χ1n) is 9.40. The summed E-state index contributed by atoms with van der Waals surface area (Å²) in [5.41, 5.74) is 1.71. The van der Waals surface area contributed by atoms with Crippen LogP contribution in [-0.2, 0) is 6.54 Å². The van der Waals surface area contributed by atoms with Gasteiger partial charge in [0.15, 0.2) is 5.43 Å². The lowest BCUT2D eigenvalue weighted by Gasteiger charge is -2.25. The highest BCUT2D eigenvalue weighted by Gasteiger charge is 2.42. The number of rotatable bonds is 3. The molecule has 0 fully saturated rings. The number of carbonyl (C=O) groups is 1. The number of para-hydroxylation sites is 1. The lowest BCUT2D eigenvalue weighted by Crippen LogP contribution is -2.29. The van der Waals surface area contributed by atoms with Crippen LogP contribution in [0.5, 0.6) is 0 Å². The van der Waals surface area contributed by atoms with Gasteiger partial charge >= 0.3 is 0 Å². The maximum absolute atomic E-state index is 13.6. The standard InChI is InChI=1S/C24H15ClFNO3/c25-18-7-3-1-5-15(18)13-27-21(14-9-11-16(26)12-10-14)20-22(28)17-6-2-4-8-19(17)30-23(20)24(27)29/h1-12,21H,13H2. The quantitative estimate of drug-likeness (QED) is 0.451. The smallest absolute Gasteiger partial charge is 0.291 e. The topological polar surface area (TPSA) is 50.5 Å². The van der Waals surface area contributed by atoms with E-state index in [4.69, 9.17) is 16.0 Å². The zero-order valence-electron chi connectivity index (χ0n) is 15.6. The fourth-order valence-corrected chi connectivity index (χ4v) is 4.13. The molecule has 1 aliphatic heterocycles. The summed E-state index contributed by atoms with van der Waals surface area (Å²) in [5.74, 6) is -0.784. The van der Waals surface area contributed by atoms with E-state index in [2.05, 4.69) is 0 Å². The molecule has 0 saturated heterocycles. The van der Waals surface area contributed by atoms with Crippen LogP contribution in [-0.4, -0.2) is 10.8 Å². The molecule has 1 atom stereocenters. The van der Waals surface area contributed by atoms with Gasteiger partial charge in [0.25, 0.3) is 5.91 Å². The molecule has 0 spiro atoms. The monoisotopic (exact) mass is 419 g/mol. The predicted molar refractivity (Wildman–Crippen MR) is 112 cm³/mol. The Morgan fingerprint density at radius 3 is 2.40 bits per heavy atom. The molecular weight excluding hydrogens is 405 g/mol. The van der Waals surface area contributed by atoms with E-state index in [-0.39, 0.29) is 23.3 Å². The van der Waals surface area contributed by atoms with Crippen molar-refractivity contribution in [2.24, 2.45) is 0 Å². The molecule has 2 heterocycles. The Morgan fingerprint density at radius 1 is 0.933 bits per heavy atom. The Bertz CT molecular complexity index is 1350. The SMILES string of the molecule is O=C1c2oc3ccccc3c(=O)c2C(c2ccc(F)cc2)N1Cc1ccccc1Cl. The highest BCUT2D eigenvalue weighted by Crippen LogP contribution is 2.39. The third kappa shape index (κ3) is 2.90. The highest BCUT2D eigenvalue weighted by molar-refractivity contribution is 6.31. The average Bonchev–Trinajstić information content (AvgIpc) is 3.03. The Balaban J connectivity index is 1.73. The molecule has 5 rings (SSSR count). The van der Waals surface area contributed by atoms with Gasteiger partial charge in [-0.15, -0.1) is 0 Å². The van der Waals surface area contributed by atoms with E-state index in [0.717, 1.165) is 5.56 Å². The summed E-state index contributed by atoms with van der Waals surface area (Å²) in [5, 5.41) is 0.916. The van der Waals surface area contributed by atoms with Crippen LogP contribution in [0.25, 0.3) is 11.0 Å². The van der Waals surface area contributed by atoms with E-state index >= 15 is 0 Å². The van der Waals surface area contributed by atoms with E-state index in [1.54, 1.807) is 47.4 Å². The van der Waals surface area contributed by atoms with E-state index in [1.165, 1.54) is 12.1 Å². The fourth-order valence-electron chi connectivity index (χ4n) is 3.93. The average molecular weight is 420 g/mol. The van der Waals surface area contributed by atoms with Crippen LogP contribution < -0.4 is 5.43 Å². The fraction of sp³-hybridized carbons (Fsp3) is 0.0833. The maximum atomic E-state index is 13.6. The van der Waals surface area contributed by atoms with Gasteiger partial charge in [-0.25, -0.2) is 4.39 Å². The Kier molecular flexibility index (Phi) is 4.40. The lowest BCUT2D eigenvalue weighted by molar-refractivity contribution is 0.0714. The van der Waals surface area contributed by atoms with Crippen LogP contribution in [0.15, 0.2) is 82.0 Å². The van der Waals surface area contributed by atoms with Crippen molar-refractivity contribution in [3.05, 3.63) is 116 Å². The minimum absolute atomic E-state index is 0.0140. The summed E-state index contributed by atoms with van der Waals surface area (Å²) in [6, 6.07) is 19.1. The minimum Gasteiger partial charge on any atom is -0.450 e. The number of carbonyl (C=O) groups excluding carboxylic acids is 1. The molecule has 4 aromatic rings. The van der Waals surface area contributed by atoms with Gasteiger partial charge in [-0.1, -0.05) is 54.1 Å². The summed E-state index contributed by atoms with van der Waals surface area (Å²) >= 11 is 6.32. The summed E-state index contributed by atoms with van der Waals surface area (Å²) in [4.78, 5) is 28.2. The third-order valence-electron chi connectivity index (χ3n) is 5.36. The molecule has 0 bridgehead atoms. The Labute approximate surface area is 176 Å². The molecule has 30 heavy (non-hydrogen) atoms. The zero-order valence-corrected chi connectivity index (χ0v) is 16.4. The van der Waals surface area contributed by atoms with E-state index < -0.39 is 17.8 Å². The van der Waals surface area contributed by atoms with E-state index in [9.17, 15) is 14.0 Å². The van der Waals surface area contributed by atoms with Gasteiger partial charge in [0, 0.05) is 11.6 Å². The largest absolute Gasteiger partial charge is 0.450 e. The molecule has 0 N–H and O–H groups in total. The predicted octanol–water partition coefficient (Wildman–Crippen LogP) is 5.33. The van der Waals surface area contributed by atoms with Crippen LogP contribution >= 0.6 is 11.6 Å². The van der Waals surface area contributed by atoms with Crippen molar-refractivity contribution in [1.82, 2.24) is 4.90 Å². The third-order valence-corrected chi connectivity index (χ3v) is 5.73. The highest BCUT2D eigenvalue weighted by atomic mass is 35.5. The normalized spacial score (nSPS) is 15.6. The zero-order chi connectivity index (χ0) is 20.8. The molecule has 0 radical (unpaired) electrons. The number of benzene rings is 3. The van der Waals surface area contributed by atoms with Crippen LogP contribution in [0.4, 0.5) is 4.39 Å². The van der Waals surface area contributed by atoms with E-state index in [0.29, 0.717) is 21.6 Å². The number of hydrogen-bond donors (Lipinski definition) is 0. The van der Waals surface area contributed by atoms with E-state index in [1.807, 2.05) is 18.2 Å². The Morgan fingerprint density at radius 2 is 1.63 bits per heavy atom. The number of hydrogen-bond acceptors (Lipinski definition) is 3. The first kappa shape index (κ1) is 18.6. The van der Waals surface area contributed by atoms with Gasteiger partial charge in [-0.2, -0.15) is 0 Å². The van der Waals surface area contributed by atoms with Crippen LogP contribution in [0.2, 0.25) is 5.02 Å². The molecule has 148 valence electrons. The molecule has 4 nitrogen and oxygen atoms in total. The van der Waals surface area contributed by atoms with Crippen LogP contribution in [0.1, 0.15) is 33.3 Å². The van der Waals surface area contributed by atoms with Gasteiger partial charge in [-0.3, -0.25) is 9.59 Å². The van der Waals surface area contributed by atoms with Crippen molar-refractivity contribution < 1.29 is 13.6 Å². The summed E-state index contributed by atoms with van der Waals surface area (Å²) in [6.45, 7) is 0.181. The summed E-state index contributed by atoms with van der Waals surface area (Å²) in [7, 11) is 0. The first-order valence-corrected chi connectivity index (χ1v) is 9.78. The summed E-state index contributed by atoms with van der Waals surface area (Å²) in [6.07, 6.45) is 0. The Hall–Kier alpha value is -3.44. The van der Waals surface area contributed by atoms with Gasteiger partial charge in [0.1, 0.15) is 11.4 Å². The van der Waals surface area contributed by atoms with Gasteiger partial charge < -0.3 is 9.32 Å². The van der Waals surface area contributed by atoms with Crippen molar-refractivity contribution in [2.45, 2.75) is 12.6 Å². The van der Waals surface area contributed by atoms with Crippen LogP contribution in [0.3, 0.4) is 0 Å². The molecule has 6 heteroatoms. The number of halogens is 2. The molecule has 1 aliphatic rings. The second kappa shape index (κ2) is 7.11. The molecule has 0 saturated carbocycles. The first-order chi connectivity index (χ1) is 14.5. The molecule has 1 amide bonds. The number of amides is 1. The second-order valence-corrected chi connectivity index (χ2v) is 7.56. The van der Waals surface area contributed by atoms with Gasteiger partial charge in [-0.05, 0) is 41.5 Å². The molecule has 3 aromatic carbocycles. The maximum Gasteiger partial charge on any atom is 0.291 e. The molecular formula is C24H15ClFNO3. The number of nitrogens with zero attached hydrogens (tertiary/aromatic N) is 1. The van der Waals surface area contributed by atoms with Gasteiger partial charge in [0.2, 0.25) is 5.76 Å². The molecule has 1 aromatic heterocycles. The molecule has 1 unspecified atom stereocenters. The van der Waals surface area contributed by atoms with Gasteiger partial charge in [0.05, 0.1) is 17.0 Å². The van der Waals surface area contributed by atoms with Crippen molar-refractivity contribution in [3.8, 4) is 0 Å². The lowest BCUT2D eigenvalue weighted by atomic mass is 9.98. The van der Waals surface area contributed by atoms with Crippen LogP contribution in [0, 0.1) is 5.82 Å². The second-order valence-electron chi connectivity index (χ2n) is 7.15. The minimum atomic E-state index is -0.703. The van der Waals surface area contributed by atoms with Crippen molar-refractivity contribution in [1.29, 1.82) is 0 Å². The molecule has 0 aliphatic carbocycles. The number of fused-ring (bicyclic) bond motifs is 2. The van der Waals surface area contributed by atoms with Crippen molar-refractivity contribution in [2.75, 3.05) is 0 Å². The summed E-state index contributed by atoms with van der Waals surface area (Å²) < 4.78 is 19.4. The van der Waals surface area contributed by atoms with Crippen molar-refractivity contribution in [3.63, 3.8) is 0 Å². The van der Waals surface area contributed by atoms with Crippen molar-refractivity contribution >= 4 is 28.5 Å².